The smallest absolute Gasteiger partial charge is 0.414 e. The van der Waals surface area contributed by atoms with Crippen LogP contribution in [0, 0.1) is 0 Å². The number of benzene rings is 3. The fourth-order valence-electron chi connectivity index (χ4n) is 6.59. The molecule has 0 aliphatic rings. The maximum absolute atomic E-state index is 13.9. The molecule has 374 valence electrons. The van der Waals surface area contributed by atoms with E-state index in [4.69, 9.17) is 23.7 Å². The molecular weight excluding hydrogens is 875 g/mol. The van der Waals surface area contributed by atoms with Gasteiger partial charge >= 0.3 is 36.1 Å². The molecule has 0 saturated heterocycles. The number of hydrogen-bond donors (Lipinski definition) is 4. The number of esters is 3. The number of amides is 5. The Morgan fingerprint density at radius 1 is 0.588 bits per heavy atom. The van der Waals surface area contributed by atoms with Crippen LogP contribution in [0.5, 0.6) is 0 Å². The lowest BCUT2D eigenvalue weighted by Crippen LogP contribution is -2.53. The summed E-state index contributed by atoms with van der Waals surface area (Å²) in [6, 6.07) is 15.8. The van der Waals surface area contributed by atoms with E-state index < -0.39 is 82.6 Å². The van der Waals surface area contributed by atoms with Gasteiger partial charge < -0.3 is 45.0 Å². The first-order chi connectivity index (χ1) is 31.5. The van der Waals surface area contributed by atoms with Crippen LogP contribution in [0.2, 0.25) is 0 Å². The molecule has 0 aliphatic carbocycles. The molecule has 3 aromatic carbocycles. The van der Waals surface area contributed by atoms with E-state index in [1.165, 1.54) is 4.90 Å². The highest BCUT2D eigenvalue weighted by Gasteiger charge is 2.32. The Hall–Kier alpha value is -6.39. The zero-order chi connectivity index (χ0) is 51.0. The maximum Gasteiger partial charge on any atom is 0.414 e. The first kappa shape index (κ1) is 55.9. The second-order valence-corrected chi connectivity index (χ2v) is 20.5. The number of carbonyl (C=O) groups excluding carboxylic acids is 7. The number of urea groups is 1. The van der Waals surface area contributed by atoms with Crippen molar-refractivity contribution in [2.75, 3.05) is 18.5 Å². The lowest BCUT2D eigenvalue weighted by molar-refractivity contribution is -0.159. The molecule has 5 amide bonds. The highest BCUT2D eigenvalue weighted by atomic mass is 16.6. The molecule has 0 aliphatic heterocycles. The van der Waals surface area contributed by atoms with Gasteiger partial charge in [0.2, 0.25) is 5.91 Å². The summed E-state index contributed by atoms with van der Waals surface area (Å²) in [4.78, 5) is 94.3. The minimum atomic E-state index is -1.25. The number of unbranched alkanes of at least 4 members (excludes halogenated alkanes) is 1. The number of hydrogen-bond acceptors (Lipinski definition) is 12. The SMILES string of the molecule is CN(C(=O)OC(C)(C)C)c1cc(C[C@@H](NC(=O)OCc2ccccc2)C(=O)NCCCC[C@H](NC(=O)N[C@@H](CCC(=O)OC(C)(C)C)C(=O)OC(C)(C)C)C(=O)OC(C)(C)C)cc2ccccc12. The average Bonchev–Trinajstić information content (AvgIpc) is 3.20. The van der Waals surface area contributed by atoms with E-state index in [0.29, 0.717) is 24.1 Å². The summed E-state index contributed by atoms with van der Waals surface area (Å²) in [5, 5.41) is 12.3. The molecule has 3 rings (SSSR count). The van der Waals surface area contributed by atoms with Crippen LogP contribution in [-0.2, 0) is 55.9 Å². The number of anilines is 1. The molecule has 3 aromatic rings. The van der Waals surface area contributed by atoms with Gasteiger partial charge in [0.05, 0.1) is 5.69 Å². The highest BCUT2D eigenvalue weighted by Crippen LogP contribution is 2.30. The van der Waals surface area contributed by atoms with Gasteiger partial charge in [0.15, 0.2) is 0 Å². The monoisotopic (exact) mass is 948 g/mol. The molecule has 17 nitrogen and oxygen atoms in total. The third-order valence-corrected chi connectivity index (χ3v) is 9.46. The van der Waals surface area contributed by atoms with Crippen molar-refractivity contribution in [2.24, 2.45) is 0 Å². The van der Waals surface area contributed by atoms with Crippen LogP contribution >= 0.6 is 0 Å². The Kier molecular flexibility index (Phi) is 20.2. The molecule has 0 radical (unpaired) electrons. The quantitative estimate of drug-likeness (QED) is 0.0508. The van der Waals surface area contributed by atoms with Crippen molar-refractivity contribution in [3.8, 4) is 0 Å². The molecule has 0 heterocycles. The predicted molar refractivity (Wildman–Crippen MR) is 259 cm³/mol. The predicted octanol–water partition coefficient (Wildman–Crippen LogP) is 8.18. The van der Waals surface area contributed by atoms with Gasteiger partial charge in [-0.05, 0) is 131 Å². The Morgan fingerprint density at radius 2 is 1.13 bits per heavy atom. The van der Waals surface area contributed by atoms with Crippen molar-refractivity contribution in [1.82, 2.24) is 21.3 Å². The lowest BCUT2D eigenvalue weighted by atomic mass is 9.99. The fraction of sp³-hybridized carbons (Fsp3) is 0.549. The third kappa shape index (κ3) is 21.1. The summed E-state index contributed by atoms with van der Waals surface area (Å²) in [6.45, 7) is 20.6. The molecule has 4 N–H and O–H groups in total. The van der Waals surface area contributed by atoms with Crippen LogP contribution in [0.1, 0.15) is 126 Å². The molecular formula is C51H73N5O12. The van der Waals surface area contributed by atoms with Crippen LogP contribution in [-0.4, -0.2) is 96.2 Å². The summed E-state index contributed by atoms with van der Waals surface area (Å²) >= 11 is 0. The zero-order valence-electron chi connectivity index (χ0n) is 42.1. The van der Waals surface area contributed by atoms with Gasteiger partial charge in [0.25, 0.3) is 0 Å². The second kappa shape index (κ2) is 24.6. The van der Waals surface area contributed by atoms with Crippen LogP contribution < -0.4 is 26.2 Å². The molecule has 0 bridgehead atoms. The standard InChI is InChI=1S/C51H73N5O12/c1-48(2,3)65-41(57)27-26-38(44(60)67-50(7,8)9)54-45(61)53-37(43(59)66-49(4,5)6)25-19-20-28-52-42(58)39(55-46(62)64-32-33-21-15-14-16-22-33)30-34-29-35-23-17-18-24-36(35)40(31-34)56(13)47(63)68-51(10,11)12/h14-18,21-24,29,31,37-39H,19-20,25-28,30,32H2,1-13H3,(H,52,58)(H,55,62)(H2,53,54,61)/t37-,38-,39+/m0/s1. The van der Waals surface area contributed by atoms with E-state index in [1.807, 2.05) is 48.5 Å². The Balaban J connectivity index is 1.78. The van der Waals surface area contributed by atoms with Gasteiger partial charge in [-0.3, -0.25) is 14.5 Å². The summed E-state index contributed by atoms with van der Waals surface area (Å²) in [7, 11) is 1.61. The lowest BCUT2D eigenvalue weighted by Gasteiger charge is -2.27. The average molecular weight is 948 g/mol. The summed E-state index contributed by atoms with van der Waals surface area (Å²) < 4.78 is 27.6. The van der Waals surface area contributed by atoms with E-state index in [9.17, 15) is 33.6 Å². The minimum Gasteiger partial charge on any atom is -0.460 e. The number of rotatable bonds is 19. The number of nitrogens with zero attached hydrogens (tertiary/aromatic N) is 1. The van der Waals surface area contributed by atoms with Crippen molar-refractivity contribution in [3.05, 3.63) is 77.9 Å². The van der Waals surface area contributed by atoms with Crippen LogP contribution in [0.25, 0.3) is 10.8 Å². The molecule has 0 saturated carbocycles. The zero-order valence-corrected chi connectivity index (χ0v) is 42.1. The number of carbonyl (C=O) groups is 7. The Morgan fingerprint density at radius 3 is 1.71 bits per heavy atom. The molecule has 3 atom stereocenters. The van der Waals surface area contributed by atoms with E-state index >= 15 is 0 Å². The van der Waals surface area contributed by atoms with Gasteiger partial charge in [-0.2, -0.15) is 0 Å². The van der Waals surface area contributed by atoms with Crippen molar-refractivity contribution in [1.29, 1.82) is 0 Å². The first-order valence-electron chi connectivity index (χ1n) is 23.0. The molecule has 0 fully saturated rings. The highest BCUT2D eigenvalue weighted by molar-refractivity contribution is 6.02. The van der Waals surface area contributed by atoms with Crippen LogP contribution in [0.15, 0.2) is 66.7 Å². The fourth-order valence-corrected chi connectivity index (χ4v) is 6.59. The van der Waals surface area contributed by atoms with Gasteiger partial charge in [-0.25, -0.2) is 24.0 Å². The van der Waals surface area contributed by atoms with Gasteiger partial charge in [-0.15, -0.1) is 0 Å². The normalized spacial score (nSPS) is 13.2. The van der Waals surface area contributed by atoms with Crippen LogP contribution in [0.3, 0.4) is 0 Å². The number of alkyl carbamates (subject to hydrolysis) is 1. The third-order valence-electron chi connectivity index (χ3n) is 9.46. The number of fused-ring (bicyclic) bond motifs is 1. The van der Waals surface area contributed by atoms with E-state index in [1.54, 1.807) is 108 Å². The summed E-state index contributed by atoms with van der Waals surface area (Å²) in [5.74, 6) is -2.57. The maximum atomic E-state index is 13.9. The molecule has 0 unspecified atom stereocenters. The van der Waals surface area contributed by atoms with Crippen molar-refractivity contribution in [2.45, 2.75) is 169 Å². The van der Waals surface area contributed by atoms with Gasteiger partial charge in [0, 0.05) is 31.8 Å². The Bertz CT molecular complexity index is 2200. The largest absolute Gasteiger partial charge is 0.460 e. The molecule has 17 heteroatoms. The van der Waals surface area contributed by atoms with Gasteiger partial charge in [0.1, 0.15) is 47.1 Å². The number of ether oxygens (including phenoxy) is 5. The van der Waals surface area contributed by atoms with E-state index in [-0.39, 0.29) is 38.8 Å². The number of nitrogens with one attached hydrogen (secondary N) is 4. The van der Waals surface area contributed by atoms with Crippen LogP contribution in [0.4, 0.5) is 20.1 Å². The van der Waals surface area contributed by atoms with Gasteiger partial charge in [-0.1, -0.05) is 60.7 Å². The summed E-state index contributed by atoms with van der Waals surface area (Å²) in [6.07, 6.45) is -0.925. The van der Waals surface area contributed by atoms with Crippen molar-refractivity contribution < 1.29 is 57.2 Å². The molecule has 0 aromatic heterocycles. The molecule has 68 heavy (non-hydrogen) atoms. The first-order valence-corrected chi connectivity index (χ1v) is 23.0. The van der Waals surface area contributed by atoms with Crippen molar-refractivity contribution in [3.63, 3.8) is 0 Å². The minimum absolute atomic E-state index is 0.0219. The molecule has 0 spiro atoms. The summed E-state index contributed by atoms with van der Waals surface area (Å²) in [5.41, 5.74) is -1.35. The second-order valence-electron chi connectivity index (χ2n) is 20.5. The van der Waals surface area contributed by atoms with E-state index in [2.05, 4.69) is 21.3 Å². The topological polar surface area (TPSA) is 217 Å². The van der Waals surface area contributed by atoms with Crippen molar-refractivity contribution >= 4 is 58.5 Å². The Labute approximate surface area is 401 Å². The van der Waals surface area contributed by atoms with E-state index in [0.717, 1.165) is 16.3 Å².